The fourth-order valence-electron chi connectivity index (χ4n) is 1.36. The second kappa shape index (κ2) is 6.54. The number of ether oxygens (including phenoxy) is 2. The van der Waals surface area contributed by atoms with Gasteiger partial charge in [-0.3, -0.25) is 4.79 Å². The molecule has 0 unspecified atom stereocenters. The lowest BCUT2D eigenvalue weighted by Gasteiger charge is -2.06. The highest BCUT2D eigenvalue weighted by atomic mass is 16.6. The maximum atomic E-state index is 11.7. The highest BCUT2D eigenvalue weighted by Crippen LogP contribution is 2.12. The van der Waals surface area contributed by atoms with Gasteiger partial charge in [-0.1, -0.05) is 19.1 Å². The van der Waals surface area contributed by atoms with Crippen LogP contribution in [0.4, 0.5) is 0 Å². The monoisotopic (exact) mass is 250 g/mol. The van der Waals surface area contributed by atoms with E-state index in [-0.39, 0.29) is 17.5 Å². The minimum Gasteiger partial charge on any atom is -0.465 e. The average molecular weight is 250 g/mol. The highest BCUT2D eigenvalue weighted by molar-refractivity contribution is 6.05. The molecular formula is C13H14O5. The minimum absolute atomic E-state index is 0.0220. The molecule has 0 saturated heterocycles. The van der Waals surface area contributed by atoms with Crippen LogP contribution < -0.4 is 0 Å². The highest BCUT2D eigenvalue weighted by Gasteiger charge is 2.20. The van der Waals surface area contributed by atoms with E-state index in [2.05, 4.69) is 9.47 Å². The molecule has 0 bridgehead atoms. The summed E-state index contributed by atoms with van der Waals surface area (Å²) in [5.41, 5.74) is 0.100. The van der Waals surface area contributed by atoms with Gasteiger partial charge in [0, 0.05) is 6.42 Å². The number of hydrogen-bond donors (Lipinski definition) is 0. The molecule has 0 aliphatic heterocycles. The molecule has 0 N–H and O–H groups in total. The van der Waals surface area contributed by atoms with Crippen molar-refractivity contribution in [1.82, 2.24) is 0 Å². The summed E-state index contributed by atoms with van der Waals surface area (Å²) in [5.74, 6) is -2.10. The lowest BCUT2D eigenvalue weighted by molar-refractivity contribution is -0.138. The Balaban J connectivity index is 2.92. The second-order valence-corrected chi connectivity index (χ2v) is 3.55. The van der Waals surface area contributed by atoms with E-state index in [1.807, 2.05) is 0 Å². The van der Waals surface area contributed by atoms with Crippen LogP contribution in [-0.2, 0) is 14.3 Å². The molecule has 1 aromatic carbocycles. The zero-order valence-electron chi connectivity index (χ0n) is 10.3. The van der Waals surface area contributed by atoms with Crippen LogP contribution in [-0.4, -0.2) is 25.0 Å². The van der Waals surface area contributed by atoms with Gasteiger partial charge >= 0.3 is 17.9 Å². The fourth-order valence-corrected chi connectivity index (χ4v) is 1.36. The van der Waals surface area contributed by atoms with Crippen molar-refractivity contribution >= 4 is 17.9 Å². The van der Waals surface area contributed by atoms with Crippen molar-refractivity contribution in [3.8, 4) is 0 Å². The molecule has 0 amide bonds. The first-order valence-corrected chi connectivity index (χ1v) is 5.52. The van der Waals surface area contributed by atoms with Gasteiger partial charge in [-0.25, -0.2) is 9.59 Å². The smallest absolute Gasteiger partial charge is 0.346 e. The largest absolute Gasteiger partial charge is 0.465 e. The lowest BCUT2D eigenvalue weighted by atomic mass is 10.1. The van der Waals surface area contributed by atoms with Gasteiger partial charge in [-0.15, -0.1) is 0 Å². The van der Waals surface area contributed by atoms with Crippen LogP contribution in [0, 0.1) is 0 Å². The summed E-state index contributed by atoms with van der Waals surface area (Å²) in [6, 6.07) is 6.02. The molecule has 0 fully saturated rings. The molecule has 0 saturated carbocycles. The Kier molecular flexibility index (Phi) is 5.05. The average Bonchev–Trinajstić information content (AvgIpc) is 2.38. The van der Waals surface area contributed by atoms with Gasteiger partial charge < -0.3 is 9.47 Å². The van der Waals surface area contributed by atoms with Crippen LogP contribution in [0.2, 0.25) is 0 Å². The summed E-state index contributed by atoms with van der Waals surface area (Å²) in [7, 11) is 1.21. The van der Waals surface area contributed by atoms with E-state index in [0.717, 1.165) is 0 Å². The summed E-state index contributed by atoms with van der Waals surface area (Å²) < 4.78 is 9.17. The quantitative estimate of drug-likeness (QED) is 0.603. The Morgan fingerprint density at radius 2 is 1.61 bits per heavy atom. The van der Waals surface area contributed by atoms with E-state index in [1.165, 1.54) is 19.2 Å². The van der Waals surface area contributed by atoms with Crippen LogP contribution in [0.1, 0.15) is 40.5 Å². The maximum Gasteiger partial charge on any atom is 0.346 e. The third kappa shape index (κ3) is 3.41. The first-order valence-electron chi connectivity index (χ1n) is 5.52. The first-order chi connectivity index (χ1) is 8.60. The molecule has 5 heteroatoms. The summed E-state index contributed by atoms with van der Waals surface area (Å²) >= 11 is 0. The molecule has 1 rings (SSSR count). The van der Waals surface area contributed by atoms with Crippen LogP contribution in [0.5, 0.6) is 0 Å². The first kappa shape index (κ1) is 13.9. The normalized spacial score (nSPS) is 9.67. The zero-order valence-corrected chi connectivity index (χ0v) is 10.3. The van der Waals surface area contributed by atoms with Gasteiger partial charge in [0.05, 0.1) is 18.2 Å². The molecule has 0 aliphatic rings. The molecule has 0 heterocycles. The third-order valence-electron chi connectivity index (χ3n) is 2.21. The molecule has 5 nitrogen and oxygen atoms in total. The van der Waals surface area contributed by atoms with Crippen molar-refractivity contribution in [2.45, 2.75) is 19.8 Å². The van der Waals surface area contributed by atoms with Crippen molar-refractivity contribution in [2.75, 3.05) is 7.11 Å². The van der Waals surface area contributed by atoms with E-state index in [4.69, 9.17) is 0 Å². The SMILES string of the molecule is CCCC(=O)OC(=O)c1ccccc1C(=O)OC. The van der Waals surface area contributed by atoms with Crippen LogP contribution in [0.3, 0.4) is 0 Å². The van der Waals surface area contributed by atoms with Crippen molar-refractivity contribution in [3.63, 3.8) is 0 Å². The topological polar surface area (TPSA) is 69.7 Å². The molecule has 96 valence electrons. The Labute approximate surface area is 105 Å². The second-order valence-electron chi connectivity index (χ2n) is 3.55. The molecule has 0 atom stereocenters. The van der Waals surface area contributed by atoms with Crippen molar-refractivity contribution in [3.05, 3.63) is 35.4 Å². The molecular weight excluding hydrogens is 236 g/mol. The van der Waals surface area contributed by atoms with E-state index in [1.54, 1.807) is 19.1 Å². The number of benzene rings is 1. The molecule has 0 aliphatic carbocycles. The maximum absolute atomic E-state index is 11.7. The van der Waals surface area contributed by atoms with Gasteiger partial charge in [0.15, 0.2) is 0 Å². The Morgan fingerprint density at radius 3 is 2.11 bits per heavy atom. The Bertz CT molecular complexity index is 464. The van der Waals surface area contributed by atoms with Gasteiger partial charge in [0.25, 0.3) is 0 Å². The van der Waals surface area contributed by atoms with E-state index < -0.39 is 17.9 Å². The van der Waals surface area contributed by atoms with Gasteiger partial charge in [-0.2, -0.15) is 0 Å². The predicted molar refractivity (Wildman–Crippen MR) is 63.1 cm³/mol. The van der Waals surface area contributed by atoms with Crippen molar-refractivity contribution < 1.29 is 23.9 Å². The lowest BCUT2D eigenvalue weighted by Crippen LogP contribution is -2.16. The number of esters is 3. The summed E-state index contributed by atoms with van der Waals surface area (Å²) in [6.45, 7) is 1.80. The molecule has 0 radical (unpaired) electrons. The fraction of sp³-hybridized carbons (Fsp3) is 0.308. The van der Waals surface area contributed by atoms with Gasteiger partial charge in [0.1, 0.15) is 0 Å². The van der Waals surface area contributed by atoms with Crippen LogP contribution in [0.15, 0.2) is 24.3 Å². The number of methoxy groups -OCH3 is 1. The number of rotatable bonds is 4. The van der Waals surface area contributed by atoms with Gasteiger partial charge in [0.2, 0.25) is 0 Å². The Hall–Kier alpha value is -2.17. The van der Waals surface area contributed by atoms with E-state index in [0.29, 0.717) is 6.42 Å². The van der Waals surface area contributed by atoms with E-state index >= 15 is 0 Å². The minimum atomic E-state index is -0.838. The number of carbonyl (C=O) groups is 3. The molecule has 18 heavy (non-hydrogen) atoms. The zero-order chi connectivity index (χ0) is 13.5. The predicted octanol–water partition coefficient (Wildman–Crippen LogP) is 1.96. The van der Waals surface area contributed by atoms with Crippen molar-refractivity contribution in [2.24, 2.45) is 0 Å². The number of hydrogen-bond acceptors (Lipinski definition) is 5. The van der Waals surface area contributed by atoms with Crippen LogP contribution in [0.25, 0.3) is 0 Å². The number of carbonyl (C=O) groups excluding carboxylic acids is 3. The third-order valence-corrected chi connectivity index (χ3v) is 2.21. The molecule has 1 aromatic rings. The molecule has 0 aromatic heterocycles. The Morgan fingerprint density at radius 1 is 1.06 bits per heavy atom. The van der Waals surface area contributed by atoms with E-state index in [9.17, 15) is 14.4 Å². The summed E-state index contributed by atoms with van der Waals surface area (Å²) in [5, 5.41) is 0. The summed E-state index contributed by atoms with van der Waals surface area (Å²) in [6.07, 6.45) is 0.747. The molecule has 0 spiro atoms. The van der Waals surface area contributed by atoms with Crippen molar-refractivity contribution in [1.29, 1.82) is 0 Å². The van der Waals surface area contributed by atoms with Gasteiger partial charge in [-0.05, 0) is 18.6 Å². The standard InChI is InChI=1S/C13H14O5/c1-3-6-11(14)18-13(16)10-8-5-4-7-9(10)12(15)17-2/h4-5,7-8H,3,6H2,1-2H3. The summed E-state index contributed by atoms with van der Waals surface area (Å²) in [4.78, 5) is 34.4. The van der Waals surface area contributed by atoms with Crippen LogP contribution >= 0.6 is 0 Å².